The highest BCUT2D eigenvalue weighted by Gasteiger charge is 2.72. The van der Waals surface area contributed by atoms with Crippen LogP contribution in [0.4, 0.5) is 0 Å². The van der Waals surface area contributed by atoms with Crippen LogP contribution in [0.2, 0.25) is 0 Å². The van der Waals surface area contributed by atoms with Crippen LogP contribution in [0.3, 0.4) is 0 Å². The zero-order chi connectivity index (χ0) is 20.3. The highest BCUT2D eigenvalue weighted by atomic mass is 16.3. The molecular weight excluding hydrogens is 368 g/mol. The number of hydrogen-bond donors (Lipinski definition) is 2. The molecule has 2 aromatic carbocycles. The number of hydrogen-bond acceptors (Lipinski definition) is 2. The molecule has 0 aromatic heterocycles. The summed E-state index contributed by atoms with van der Waals surface area (Å²) in [6, 6.07) is 12.7. The van der Waals surface area contributed by atoms with Gasteiger partial charge >= 0.3 is 0 Å². The Hall–Kier alpha value is -1.96. The molecule has 5 saturated carbocycles. The van der Waals surface area contributed by atoms with Crippen LogP contribution in [0, 0.1) is 61.2 Å². The van der Waals surface area contributed by atoms with Crippen molar-refractivity contribution in [3.63, 3.8) is 0 Å². The van der Waals surface area contributed by atoms with Crippen molar-refractivity contribution in [3.05, 3.63) is 58.7 Å². The molecule has 0 amide bonds. The number of benzene rings is 2. The zero-order valence-electron chi connectivity index (χ0n) is 18.0. The van der Waals surface area contributed by atoms with E-state index in [9.17, 15) is 10.2 Å². The Morgan fingerprint density at radius 2 is 1.03 bits per heavy atom. The molecule has 0 heterocycles. The van der Waals surface area contributed by atoms with E-state index in [0.29, 0.717) is 11.5 Å². The zero-order valence-corrected chi connectivity index (χ0v) is 18.0. The smallest absolute Gasteiger partial charge is 0.118 e. The van der Waals surface area contributed by atoms with Crippen LogP contribution in [0.15, 0.2) is 36.4 Å². The lowest BCUT2D eigenvalue weighted by molar-refractivity contribution is -0.102. The molecule has 5 aliphatic carbocycles. The van der Waals surface area contributed by atoms with E-state index < -0.39 is 0 Å². The van der Waals surface area contributed by atoms with Crippen molar-refractivity contribution >= 4 is 0 Å². The monoisotopic (exact) mass is 400 g/mol. The molecule has 5 fully saturated rings. The van der Waals surface area contributed by atoms with E-state index in [1.165, 1.54) is 36.8 Å². The molecule has 156 valence electrons. The number of rotatable bonds is 2. The van der Waals surface area contributed by atoms with Crippen molar-refractivity contribution in [2.45, 2.75) is 51.4 Å². The Morgan fingerprint density at radius 3 is 1.43 bits per heavy atom. The average molecular weight is 401 g/mol. The lowest BCUT2D eigenvalue weighted by Crippen LogP contribution is -2.54. The second-order valence-electron chi connectivity index (χ2n) is 11.4. The molecule has 2 nitrogen and oxygen atoms in total. The van der Waals surface area contributed by atoms with E-state index in [2.05, 4.69) is 24.3 Å². The van der Waals surface area contributed by atoms with Gasteiger partial charge in [0.2, 0.25) is 0 Å². The van der Waals surface area contributed by atoms with E-state index in [1.54, 1.807) is 0 Å². The molecule has 2 aromatic rings. The van der Waals surface area contributed by atoms with Gasteiger partial charge in [-0.1, -0.05) is 24.3 Å². The lowest BCUT2D eigenvalue weighted by atomic mass is 9.45. The molecule has 6 atom stereocenters. The molecular formula is C28H32O2. The van der Waals surface area contributed by atoms with Crippen LogP contribution in [0.5, 0.6) is 11.5 Å². The van der Waals surface area contributed by atoms with Gasteiger partial charge in [-0.15, -0.1) is 0 Å². The molecule has 0 radical (unpaired) electrons. The average Bonchev–Trinajstić information content (AvgIpc) is 3.44. The number of aryl methyl sites for hydroxylation is 2. The first kappa shape index (κ1) is 17.7. The van der Waals surface area contributed by atoms with Gasteiger partial charge in [0.25, 0.3) is 0 Å². The maximum atomic E-state index is 9.96. The van der Waals surface area contributed by atoms with E-state index in [1.807, 2.05) is 26.0 Å². The summed E-state index contributed by atoms with van der Waals surface area (Å²) in [5.41, 5.74) is 5.04. The summed E-state index contributed by atoms with van der Waals surface area (Å²) in [4.78, 5) is 0. The largest absolute Gasteiger partial charge is 0.508 e. The first-order valence-electron chi connectivity index (χ1n) is 12.1. The van der Waals surface area contributed by atoms with Crippen LogP contribution in [-0.2, 0) is 0 Å². The van der Waals surface area contributed by atoms with E-state index in [-0.39, 0.29) is 0 Å². The fraction of sp³-hybridized carbons (Fsp3) is 0.571. The second kappa shape index (κ2) is 5.84. The van der Waals surface area contributed by atoms with Gasteiger partial charge in [-0.25, -0.2) is 0 Å². The third kappa shape index (κ3) is 2.11. The quantitative estimate of drug-likeness (QED) is 0.636. The van der Waals surface area contributed by atoms with Crippen LogP contribution >= 0.6 is 0 Å². The number of fused-ring (bicyclic) bond motifs is 12. The summed E-state index contributed by atoms with van der Waals surface area (Å²) in [6.07, 6.45) is 5.66. The Kier molecular flexibility index (Phi) is 3.44. The topological polar surface area (TPSA) is 40.5 Å². The van der Waals surface area contributed by atoms with Crippen molar-refractivity contribution in [1.82, 2.24) is 0 Å². The van der Waals surface area contributed by atoms with Gasteiger partial charge in [0.1, 0.15) is 11.5 Å². The van der Waals surface area contributed by atoms with Gasteiger partial charge in [0, 0.05) is 0 Å². The van der Waals surface area contributed by atoms with Gasteiger partial charge in [0.05, 0.1) is 0 Å². The molecule has 0 spiro atoms. The van der Waals surface area contributed by atoms with E-state index in [0.717, 1.165) is 70.3 Å². The van der Waals surface area contributed by atoms with Crippen molar-refractivity contribution in [3.8, 4) is 11.5 Å². The number of phenolic OH excluding ortho intramolecular Hbond substituents is 2. The predicted octanol–water partition coefficient (Wildman–Crippen LogP) is 6.14. The molecule has 2 N–H and O–H groups in total. The second-order valence-corrected chi connectivity index (χ2v) is 11.4. The van der Waals surface area contributed by atoms with Gasteiger partial charge in [-0.3, -0.25) is 0 Å². The van der Waals surface area contributed by atoms with Crippen LogP contribution in [0.1, 0.15) is 59.8 Å². The molecule has 30 heavy (non-hydrogen) atoms. The third-order valence-corrected chi connectivity index (χ3v) is 10.5. The van der Waals surface area contributed by atoms with Crippen molar-refractivity contribution in [1.29, 1.82) is 0 Å². The fourth-order valence-corrected chi connectivity index (χ4v) is 9.57. The molecule has 0 saturated heterocycles. The first-order valence-corrected chi connectivity index (χ1v) is 12.1. The Bertz CT molecular complexity index is 949. The predicted molar refractivity (Wildman–Crippen MR) is 118 cm³/mol. The SMILES string of the molecule is Cc1cc(C2CC3CC2C2C3C3C4CC(CC4c4ccc(O)c(C)c4)C23)ccc1O. The minimum atomic E-state index is 0.437. The molecule has 5 aliphatic rings. The summed E-state index contributed by atoms with van der Waals surface area (Å²) in [6.45, 7) is 4.07. The minimum Gasteiger partial charge on any atom is -0.508 e. The maximum absolute atomic E-state index is 9.96. The molecule has 7 rings (SSSR count). The fourth-order valence-electron chi connectivity index (χ4n) is 9.57. The Morgan fingerprint density at radius 1 is 0.600 bits per heavy atom. The minimum absolute atomic E-state index is 0.437. The number of aromatic hydroxyl groups is 2. The summed E-state index contributed by atoms with van der Waals surface area (Å²) in [5.74, 6) is 9.91. The van der Waals surface area contributed by atoms with E-state index in [4.69, 9.17) is 0 Å². The maximum Gasteiger partial charge on any atom is 0.118 e. The van der Waals surface area contributed by atoms with Gasteiger partial charge < -0.3 is 10.2 Å². The van der Waals surface area contributed by atoms with Gasteiger partial charge in [-0.2, -0.15) is 0 Å². The Balaban J connectivity index is 1.15. The summed E-state index contributed by atoms with van der Waals surface area (Å²) in [5, 5.41) is 19.9. The third-order valence-electron chi connectivity index (χ3n) is 10.5. The highest BCUT2D eigenvalue weighted by Crippen LogP contribution is 2.79. The molecule has 6 unspecified atom stereocenters. The van der Waals surface area contributed by atoms with Crippen LogP contribution in [0.25, 0.3) is 0 Å². The van der Waals surface area contributed by atoms with E-state index >= 15 is 0 Å². The normalized spacial score (nSPS) is 44.7. The molecule has 2 heteroatoms. The van der Waals surface area contributed by atoms with Crippen molar-refractivity contribution in [2.75, 3.05) is 0 Å². The van der Waals surface area contributed by atoms with Crippen molar-refractivity contribution in [2.24, 2.45) is 47.3 Å². The summed E-state index contributed by atoms with van der Waals surface area (Å²) >= 11 is 0. The Labute approximate surface area is 179 Å². The lowest BCUT2D eigenvalue weighted by Gasteiger charge is -2.59. The highest BCUT2D eigenvalue weighted by molar-refractivity contribution is 5.40. The van der Waals surface area contributed by atoms with Gasteiger partial charge in [-0.05, 0) is 133 Å². The first-order chi connectivity index (χ1) is 14.5. The molecule has 4 bridgehead atoms. The summed E-state index contributed by atoms with van der Waals surface area (Å²) in [7, 11) is 0. The van der Waals surface area contributed by atoms with Crippen LogP contribution < -0.4 is 0 Å². The summed E-state index contributed by atoms with van der Waals surface area (Å²) < 4.78 is 0. The standard InChI is InChI=1S/C28H32O2/c1-13-7-15(3-5-23(13)29)19-9-17-11-21(19)27-25(17)28-22-12-18(26(27)28)10-20(22)16-4-6-24(30)14(2)8-16/h3-8,17-22,25-30H,9-12H2,1-2H3. The van der Waals surface area contributed by atoms with Crippen LogP contribution in [-0.4, -0.2) is 10.2 Å². The van der Waals surface area contributed by atoms with Gasteiger partial charge in [0.15, 0.2) is 0 Å². The number of phenols is 2. The van der Waals surface area contributed by atoms with Crippen molar-refractivity contribution < 1.29 is 10.2 Å². The molecule has 0 aliphatic heterocycles.